The van der Waals surface area contributed by atoms with Crippen LogP contribution >= 0.6 is 0 Å². The zero-order chi connectivity index (χ0) is 33.6. The molecule has 5 rings (SSSR count). The molecule has 0 saturated carbocycles. The molecule has 10 heteroatoms. The van der Waals surface area contributed by atoms with Crippen LogP contribution in [0.15, 0.2) is 107 Å². The Morgan fingerprint density at radius 3 is 2.43 bits per heavy atom. The number of aliphatic hydroxyl groups is 1. The number of anilines is 1. The number of fused-ring (bicyclic) bond motifs is 2. The molecule has 0 saturated heterocycles. The van der Waals surface area contributed by atoms with Gasteiger partial charge in [-0.2, -0.15) is 8.42 Å². The van der Waals surface area contributed by atoms with Crippen molar-refractivity contribution in [3.05, 3.63) is 124 Å². The summed E-state index contributed by atoms with van der Waals surface area (Å²) in [5, 5.41) is 13.9. The first-order valence-electron chi connectivity index (χ1n) is 15.7. The van der Waals surface area contributed by atoms with Crippen molar-refractivity contribution in [1.82, 2.24) is 5.32 Å². The van der Waals surface area contributed by atoms with Crippen molar-refractivity contribution in [2.75, 3.05) is 24.2 Å². The summed E-state index contributed by atoms with van der Waals surface area (Å²) < 4.78 is 31.4. The average Bonchev–Trinajstić information content (AvgIpc) is 3.24. The van der Waals surface area contributed by atoms with E-state index >= 15 is 0 Å². The van der Waals surface area contributed by atoms with E-state index in [9.17, 15) is 27.9 Å². The summed E-state index contributed by atoms with van der Waals surface area (Å²) in [7, 11) is -2.43. The quantitative estimate of drug-likeness (QED) is 0.116. The van der Waals surface area contributed by atoms with Crippen LogP contribution in [0.25, 0.3) is 12.2 Å². The maximum Gasteiger partial charge on any atom is 0.264 e. The molecule has 1 aliphatic heterocycles. The summed E-state index contributed by atoms with van der Waals surface area (Å²) in [5.74, 6) is -2.27. The molecule has 1 unspecified atom stereocenters. The molecule has 2 aliphatic carbocycles. The van der Waals surface area contributed by atoms with Crippen LogP contribution in [0.4, 0.5) is 5.69 Å². The van der Waals surface area contributed by atoms with Gasteiger partial charge >= 0.3 is 0 Å². The highest BCUT2D eigenvalue weighted by Gasteiger charge is 2.36. The molecule has 47 heavy (non-hydrogen) atoms. The topological polar surface area (TPSA) is 141 Å². The normalized spacial score (nSPS) is 21.3. The number of carbonyl (C=O) groups is 3. The highest BCUT2D eigenvalue weighted by molar-refractivity contribution is 7.85. The van der Waals surface area contributed by atoms with E-state index < -0.39 is 21.7 Å². The molecule has 1 atom stereocenters. The number of carbonyl (C=O) groups excluding carboxylic acids is 3. The molecule has 1 amide bonds. The molecule has 244 valence electrons. The third-order valence-corrected chi connectivity index (χ3v) is 9.38. The Balaban J connectivity index is 1.43. The minimum atomic E-state index is -4.02. The number of amides is 1. The lowest BCUT2D eigenvalue weighted by Gasteiger charge is -2.30. The van der Waals surface area contributed by atoms with Crippen LogP contribution in [0.5, 0.6) is 0 Å². The minimum Gasteiger partial charge on any atom is -0.506 e. The zero-order valence-electron chi connectivity index (χ0n) is 26.2. The smallest absolute Gasteiger partial charge is 0.264 e. The number of rotatable bonds is 11. The predicted molar refractivity (Wildman–Crippen MR) is 183 cm³/mol. The Labute approximate surface area is 275 Å². The van der Waals surface area contributed by atoms with E-state index in [0.29, 0.717) is 56.3 Å². The van der Waals surface area contributed by atoms with Gasteiger partial charge < -0.3 is 15.3 Å². The first kappa shape index (κ1) is 33.6. The largest absolute Gasteiger partial charge is 0.506 e. The Hall–Kier alpha value is -4.80. The number of Topliss-reactive ketones (excluding diaryl/α,β-unsaturated/α-hetero) is 2. The number of hydrogen-bond acceptors (Lipinski definition) is 7. The minimum absolute atomic E-state index is 0.0617. The van der Waals surface area contributed by atoms with Gasteiger partial charge in [0, 0.05) is 31.4 Å². The van der Waals surface area contributed by atoms with Gasteiger partial charge in [0.15, 0.2) is 0 Å². The summed E-state index contributed by atoms with van der Waals surface area (Å²) in [6.45, 7) is 0.482. The van der Waals surface area contributed by atoms with Gasteiger partial charge in [0.05, 0.1) is 16.9 Å². The summed E-state index contributed by atoms with van der Waals surface area (Å²) in [4.78, 5) is 40.3. The highest BCUT2D eigenvalue weighted by atomic mass is 32.2. The maximum atomic E-state index is 13.2. The van der Waals surface area contributed by atoms with Crippen LogP contribution in [-0.4, -0.2) is 54.9 Å². The Kier molecular flexibility index (Phi) is 10.5. The van der Waals surface area contributed by atoms with E-state index in [4.69, 9.17) is 4.55 Å². The van der Waals surface area contributed by atoms with Crippen LogP contribution in [-0.2, 0) is 24.5 Å². The Morgan fingerprint density at radius 2 is 1.66 bits per heavy atom. The van der Waals surface area contributed by atoms with Crippen molar-refractivity contribution in [1.29, 1.82) is 0 Å². The molecular weight excluding hydrogens is 616 g/mol. The molecule has 1 heterocycles. The second-order valence-corrected chi connectivity index (χ2v) is 13.3. The molecule has 0 radical (unpaired) electrons. The number of benzene rings is 2. The second kappa shape index (κ2) is 14.7. The fourth-order valence-electron chi connectivity index (χ4n) is 6.11. The van der Waals surface area contributed by atoms with Crippen LogP contribution < -0.4 is 10.2 Å². The molecule has 9 nitrogen and oxygen atoms in total. The van der Waals surface area contributed by atoms with Gasteiger partial charge in [0.2, 0.25) is 17.5 Å². The average molecular weight is 655 g/mol. The van der Waals surface area contributed by atoms with Gasteiger partial charge in [-0.05, 0) is 78.2 Å². The number of para-hydroxylation sites is 1. The molecule has 3 N–H and O–H groups in total. The van der Waals surface area contributed by atoms with E-state index in [1.54, 1.807) is 7.05 Å². The Bertz CT molecular complexity index is 1880. The fraction of sp³-hybridized carbons (Fsp3) is 0.270. The molecule has 0 fully saturated rings. The molecule has 3 aliphatic rings. The maximum absolute atomic E-state index is 13.2. The van der Waals surface area contributed by atoms with Crippen LogP contribution in [0.3, 0.4) is 0 Å². The lowest BCUT2D eigenvalue weighted by Crippen LogP contribution is -2.27. The lowest BCUT2D eigenvalue weighted by atomic mass is 9.85. The van der Waals surface area contributed by atoms with Crippen LogP contribution in [0, 0.1) is 0 Å². The van der Waals surface area contributed by atoms with Crippen molar-refractivity contribution in [3.8, 4) is 0 Å². The molecular formula is C37H38N2O7S. The first-order chi connectivity index (χ1) is 22.6. The Morgan fingerprint density at radius 1 is 0.936 bits per heavy atom. The summed E-state index contributed by atoms with van der Waals surface area (Å²) in [5.41, 5.74) is 5.06. The number of hydrogen-bond donors (Lipinski definition) is 3. The molecule has 2 aromatic rings. The van der Waals surface area contributed by atoms with Gasteiger partial charge in [0.25, 0.3) is 10.1 Å². The van der Waals surface area contributed by atoms with Crippen molar-refractivity contribution in [2.24, 2.45) is 0 Å². The number of nitrogens with one attached hydrogen (secondary N) is 1. The van der Waals surface area contributed by atoms with Crippen LogP contribution in [0.1, 0.15) is 61.1 Å². The van der Waals surface area contributed by atoms with Gasteiger partial charge in [0.1, 0.15) is 5.76 Å². The number of ketones is 2. The van der Waals surface area contributed by atoms with Crippen LogP contribution in [0.2, 0.25) is 0 Å². The van der Waals surface area contributed by atoms with Crippen molar-refractivity contribution in [2.45, 2.75) is 44.4 Å². The van der Waals surface area contributed by atoms with E-state index in [0.717, 1.165) is 22.4 Å². The summed E-state index contributed by atoms with van der Waals surface area (Å²) >= 11 is 0. The number of nitrogens with zero attached hydrogens (tertiary/aromatic N) is 1. The van der Waals surface area contributed by atoms with Crippen molar-refractivity contribution < 1.29 is 32.5 Å². The highest BCUT2D eigenvalue weighted by Crippen LogP contribution is 2.36. The number of unbranched alkanes of at least 4 members (excludes halogenated alkanes) is 1. The molecule has 0 bridgehead atoms. The van der Waals surface area contributed by atoms with E-state index in [2.05, 4.69) is 5.32 Å². The standard InChI is InChI=1S/C37H38N2O7S/c1-38-34(40)14-8-21-39-29(20-19-28-11-3-5-13-33(28)39)24-32-35(41)31(36(42)37(32)43)23-25-15-17-26-9-2-4-12-30(26)27(18-16-25)10-6-7-22-47(44,45)46/h2-5,9,11-13,15-17,19-20,23-24,27,41H,6-8,10,14,18,21-22H2,1H3,(H,38,40)(H,44,45,46)/b17-15-,25-16-,29-24+,31-23-. The van der Waals surface area contributed by atoms with Gasteiger partial charge in [-0.1, -0.05) is 73.2 Å². The van der Waals surface area contributed by atoms with E-state index in [-0.39, 0.29) is 34.5 Å². The summed E-state index contributed by atoms with van der Waals surface area (Å²) in [6, 6.07) is 15.6. The molecule has 0 aromatic heterocycles. The SMILES string of the molecule is CNC(=O)CCCN1/C(=C/C2=C(O)C(=C/C3=C\CC(CCCCS(=O)(=O)O)c4ccccc4/C=C\3)/C(=O)C2=O)C=Cc2ccccc21. The monoisotopic (exact) mass is 654 g/mol. The van der Waals surface area contributed by atoms with Gasteiger partial charge in [-0.25, -0.2) is 0 Å². The fourth-order valence-corrected chi connectivity index (χ4v) is 6.68. The third-order valence-electron chi connectivity index (χ3n) is 8.58. The van der Waals surface area contributed by atoms with E-state index in [1.165, 1.54) is 12.2 Å². The molecule has 2 aromatic carbocycles. The molecule has 0 spiro atoms. The lowest BCUT2D eigenvalue weighted by molar-refractivity contribution is -0.131. The first-order valence-corrected chi connectivity index (χ1v) is 17.3. The van der Waals surface area contributed by atoms with Gasteiger partial charge in [-0.3, -0.25) is 18.9 Å². The van der Waals surface area contributed by atoms with Gasteiger partial charge in [-0.15, -0.1) is 0 Å². The summed E-state index contributed by atoms with van der Waals surface area (Å²) in [6.07, 6.45) is 15.6. The zero-order valence-corrected chi connectivity index (χ0v) is 27.0. The van der Waals surface area contributed by atoms with Crippen molar-refractivity contribution in [3.63, 3.8) is 0 Å². The van der Waals surface area contributed by atoms with Crippen molar-refractivity contribution >= 4 is 45.4 Å². The predicted octanol–water partition coefficient (Wildman–Crippen LogP) is 6.01. The third kappa shape index (κ3) is 8.14. The van der Waals surface area contributed by atoms with E-state index in [1.807, 2.05) is 83.8 Å². The number of aliphatic hydroxyl groups excluding tert-OH is 1. The number of allylic oxidation sites excluding steroid dienone is 8. The second-order valence-electron chi connectivity index (χ2n) is 11.7.